The van der Waals surface area contributed by atoms with Crippen LogP contribution in [0.4, 0.5) is 0 Å². The van der Waals surface area contributed by atoms with Gasteiger partial charge in [0.1, 0.15) is 0 Å². The van der Waals surface area contributed by atoms with E-state index in [9.17, 15) is 9.59 Å². The number of aliphatic hydroxyl groups excluding tert-OH is 1. The van der Waals surface area contributed by atoms with Gasteiger partial charge in [-0.3, -0.25) is 4.79 Å². The molecule has 1 saturated heterocycles. The fourth-order valence-electron chi connectivity index (χ4n) is 2.17. The number of carbonyl (C=O) groups excluding carboxylic acids is 1. The summed E-state index contributed by atoms with van der Waals surface area (Å²) in [4.78, 5) is 24.4. The molecule has 110 valence electrons. The van der Waals surface area contributed by atoms with Crippen molar-refractivity contribution in [3.05, 3.63) is 23.7 Å². The monoisotopic (exact) mass is 283 g/mol. The maximum absolute atomic E-state index is 12.1. The van der Waals surface area contributed by atoms with E-state index < -0.39 is 5.97 Å². The van der Waals surface area contributed by atoms with Gasteiger partial charge in [-0.15, -0.1) is 0 Å². The van der Waals surface area contributed by atoms with Crippen LogP contribution in [0.5, 0.6) is 0 Å². The zero-order valence-corrected chi connectivity index (χ0v) is 10.9. The molecule has 7 heteroatoms. The number of ether oxygens (including phenoxy) is 1. The number of aromatic carboxylic acids is 1. The van der Waals surface area contributed by atoms with Crippen LogP contribution in [0.15, 0.2) is 16.5 Å². The van der Waals surface area contributed by atoms with E-state index in [-0.39, 0.29) is 30.1 Å². The molecule has 0 spiro atoms. The second-order valence-electron chi connectivity index (χ2n) is 4.56. The number of carboxylic acids is 1. The molecule has 2 heterocycles. The first-order valence-electron chi connectivity index (χ1n) is 6.46. The molecular weight excluding hydrogens is 266 g/mol. The minimum atomic E-state index is -1.19. The van der Waals surface area contributed by atoms with Crippen LogP contribution in [-0.4, -0.2) is 59.4 Å². The van der Waals surface area contributed by atoms with Gasteiger partial charge in [-0.2, -0.15) is 0 Å². The molecule has 1 aromatic rings. The molecule has 1 aromatic heterocycles. The minimum absolute atomic E-state index is 0.0104. The average molecular weight is 283 g/mol. The van der Waals surface area contributed by atoms with Crippen LogP contribution in [0.2, 0.25) is 0 Å². The van der Waals surface area contributed by atoms with Crippen LogP contribution in [0.25, 0.3) is 0 Å². The zero-order chi connectivity index (χ0) is 14.5. The largest absolute Gasteiger partial charge is 0.475 e. The molecule has 2 rings (SSSR count). The second kappa shape index (κ2) is 6.53. The highest BCUT2D eigenvalue weighted by Gasteiger charge is 2.26. The quantitative estimate of drug-likeness (QED) is 0.820. The van der Waals surface area contributed by atoms with E-state index in [4.69, 9.17) is 19.4 Å². The molecule has 20 heavy (non-hydrogen) atoms. The molecule has 1 aliphatic rings. The maximum atomic E-state index is 12.1. The summed E-state index contributed by atoms with van der Waals surface area (Å²) >= 11 is 0. The fraction of sp³-hybridized carbons (Fsp3) is 0.538. The van der Waals surface area contributed by atoms with Gasteiger partial charge in [-0.1, -0.05) is 0 Å². The highest BCUT2D eigenvalue weighted by atomic mass is 16.5. The standard InChI is InChI=1S/C13H17NO6/c15-7-8-19-9-3-5-14(6-4-9)12(16)10-1-2-11(20-10)13(17)18/h1-2,9,15H,3-8H2,(H,17,18). The van der Waals surface area contributed by atoms with E-state index >= 15 is 0 Å². The number of hydrogen-bond acceptors (Lipinski definition) is 5. The van der Waals surface area contributed by atoms with Gasteiger partial charge in [0.05, 0.1) is 19.3 Å². The Kier molecular flexibility index (Phi) is 4.75. The smallest absolute Gasteiger partial charge is 0.371 e. The number of amides is 1. The molecular formula is C13H17NO6. The summed E-state index contributed by atoms with van der Waals surface area (Å²) in [5, 5.41) is 17.4. The van der Waals surface area contributed by atoms with Crippen molar-refractivity contribution < 1.29 is 29.0 Å². The summed E-state index contributed by atoms with van der Waals surface area (Å²) in [5.41, 5.74) is 0. The Labute approximate surface area is 115 Å². The third-order valence-corrected chi connectivity index (χ3v) is 3.20. The van der Waals surface area contributed by atoms with E-state index in [0.717, 1.165) is 0 Å². The molecule has 0 saturated carbocycles. The number of nitrogens with zero attached hydrogens (tertiary/aromatic N) is 1. The van der Waals surface area contributed by atoms with Crippen molar-refractivity contribution in [3.63, 3.8) is 0 Å². The predicted octanol–water partition coefficient (Wildman–Crippen LogP) is 0.591. The lowest BCUT2D eigenvalue weighted by atomic mass is 10.1. The van der Waals surface area contributed by atoms with Gasteiger partial charge < -0.3 is 24.3 Å². The lowest BCUT2D eigenvalue weighted by molar-refractivity contribution is -0.00610. The Morgan fingerprint density at radius 1 is 1.30 bits per heavy atom. The Bertz CT molecular complexity index is 475. The number of likely N-dealkylation sites (tertiary alicyclic amines) is 1. The number of hydrogen-bond donors (Lipinski definition) is 2. The number of carboxylic acid groups (broad SMARTS) is 1. The normalized spacial score (nSPS) is 16.4. The molecule has 0 bridgehead atoms. The molecule has 7 nitrogen and oxygen atoms in total. The topological polar surface area (TPSA) is 100 Å². The Balaban J connectivity index is 1.89. The summed E-state index contributed by atoms with van der Waals surface area (Å²) in [6, 6.07) is 2.65. The summed E-state index contributed by atoms with van der Waals surface area (Å²) < 4.78 is 10.4. The summed E-state index contributed by atoms with van der Waals surface area (Å²) in [7, 11) is 0. The first-order valence-corrected chi connectivity index (χ1v) is 6.46. The molecule has 0 unspecified atom stereocenters. The number of piperidine rings is 1. The predicted molar refractivity (Wildman–Crippen MR) is 67.6 cm³/mol. The van der Waals surface area contributed by atoms with Crippen LogP contribution >= 0.6 is 0 Å². The summed E-state index contributed by atoms with van der Waals surface area (Å²) in [6.45, 7) is 1.35. The van der Waals surface area contributed by atoms with Crippen molar-refractivity contribution in [3.8, 4) is 0 Å². The van der Waals surface area contributed by atoms with Crippen LogP contribution in [0.3, 0.4) is 0 Å². The molecule has 0 aliphatic carbocycles. The van der Waals surface area contributed by atoms with Crippen molar-refractivity contribution in [2.75, 3.05) is 26.3 Å². The van der Waals surface area contributed by atoms with Crippen LogP contribution < -0.4 is 0 Å². The maximum Gasteiger partial charge on any atom is 0.371 e. The zero-order valence-electron chi connectivity index (χ0n) is 10.9. The molecule has 0 aromatic carbocycles. The van der Waals surface area contributed by atoms with E-state index in [1.807, 2.05) is 0 Å². The Morgan fingerprint density at radius 2 is 1.95 bits per heavy atom. The third kappa shape index (κ3) is 3.37. The number of aliphatic hydroxyl groups is 1. The summed E-state index contributed by atoms with van der Waals surface area (Å²) in [6.07, 6.45) is 1.44. The van der Waals surface area contributed by atoms with Crippen LogP contribution in [0, 0.1) is 0 Å². The Morgan fingerprint density at radius 3 is 2.50 bits per heavy atom. The number of furan rings is 1. The first-order chi connectivity index (χ1) is 9.61. The lowest BCUT2D eigenvalue weighted by Crippen LogP contribution is -2.41. The van der Waals surface area contributed by atoms with Crippen molar-refractivity contribution in [1.82, 2.24) is 4.90 Å². The molecule has 0 radical (unpaired) electrons. The molecule has 1 fully saturated rings. The van der Waals surface area contributed by atoms with E-state index in [1.54, 1.807) is 4.90 Å². The van der Waals surface area contributed by atoms with Crippen molar-refractivity contribution >= 4 is 11.9 Å². The van der Waals surface area contributed by atoms with Gasteiger partial charge >= 0.3 is 5.97 Å². The SMILES string of the molecule is O=C(O)c1ccc(C(=O)N2CCC(OCCO)CC2)o1. The first kappa shape index (κ1) is 14.5. The second-order valence-corrected chi connectivity index (χ2v) is 4.56. The van der Waals surface area contributed by atoms with Gasteiger partial charge in [0.15, 0.2) is 5.76 Å². The third-order valence-electron chi connectivity index (χ3n) is 3.20. The van der Waals surface area contributed by atoms with Crippen molar-refractivity contribution in [2.45, 2.75) is 18.9 Å². The minimum Gasteiger partial charge on any atom is -0.475 e. The highest BCUT2D eigenvalue weighted by molar-refractivity contribution is 5.93. The molecule has 1 amide bonds. The van der Waals surface area contributed by atoms with Crippen LogP contribution in [0.1, 0.15) is 34.0 Å². The van der Waals surface area contributed by atoms with Crippen molar-refractivity contribution in [2.24, 2.45) is 0 Å². The Hall–Kier alpha value is -1.86. The van der Waals surface area contributed by atoms with Crippen molar-refractivity contribution in [1.29, 1.82) is 0 Å². The van der Waals surface area contributed by atoms with Gasteiger partial charge in [0, 0.05) is 13.1 Å². The van der Waals surface area contributed by atoms with E-state index in [1.165, 1.54) is 12.1 Å². The number of carbonyl (C=O) groups is 2. The fourth-order valence-corrected chi connectivity index (χ4v) is 2.17. The lowest BCUT2D eigenvalue weighted by Gasteiger charge is -2.31. The average Bonchev–Trinajstić information content (AvgIpc) is 2.95. The van der Waals surface area contributed by atoms with Gasteiger partial charge in [0.2, 0.25) is 5.76 Å². The van der Waals surface area contributed by atoms with Crippen LogP contribution in [-0.2, 0) is 4.74 Å². The van der Waals surface area contributed by atoms with E-state index in [0.29, 0.717) is 32.5 Å². The van der Waals surface area contributed by atoms with Gasteiger partial charge in [0.25, 0.3) is 5.91 Å². The van der Waals surface area contributed by atoms with E-state index in [2.05, 4.69) is 0 Å². The molecule has 0 atom stereocenters. The van der Waals surface area contributed by atoms with Gasteiger partial charge in [-0.25, -0.2) is 4.79 Å². The molecule has 2 N–H and O–H groups in total. The summed E-state index contributed by atoms with van der Waals surface area (Å²) in [5.74, 6) is -1.70. The number of rotatable bonds is 5. The van der Waals surface area contributed by atoms with Gasteiger partial charge in [-0.05, 0) is 25.0 Å². The highest BCUT2D eigenvalue weighted by Crippen LogP contribution is 2.17. The molecule has 1 aliphatic heterocycles.